The highest BCUT2D eigenvalue weighted by Crippen LogP contribution is 2.28. The monoisotopic (exact) mass is 260 g/mol. The summed E-state index contributed by atoms with van der Waals surface area (Å²) in [4.78, 5) is 12.2. The minimum atomic E-state index is -0.131. The van der Waals surface area contributed by atoms with Gasteiger partial charge in [-0.25, -0.2) is 0 Å². The van der Waals surface area contributed by atoms with Gasteiger partial charge >= 0.3 is 0 Å². The van der Waals surface area contributed by atoms with Crippen LogP contribution in [0.5, 0.6) is 0 Å². The fourth-order valence-corrected chi connectivity index (χ4v) is 3.09. The number of amides is 1. The first kappa shape index (κ1) is 13.7. The van der Waals surface area contributed by atoms with E-state index < -0.39 is 0 Å². The van der Waals surface area contributed by atoms with Crippen LogP contribution in [0.2, 0.25) is 0 Å². The number of rotatable bonds is 2. The maximum absolute atomic E-state index is 12.2. The van der Waals surface area contributed by atoms with Gasteiger partial charge in [-0.05, 0) is 38.0 Å². The Morgan fingerprint density at radius 3 is 2.53 bits per heavy atom. The van der Waals surface area contributed by atoms with Gasteiger partial charge < -0.3 is 9.73 Å². The van der Waals surface area contributed by atoms with Gasteiger partial charge in [0.15, 0.2) is 0 Å². The van der Waals surface area contributed by atoms with E-state index in [1.165, 1.54) is 12.5 Å². The SMILES string of the molecule is Cc1oc(C#N)cc1C(=O)NC1CC(C)CC(C)C1. The zero-order valence-electron chi connectivity index (χ0n) is 11.7. The topological polar surface area (TPSA) is 66.0 Å². The number of carbonyl (C=O) groups excluding carboxylic acids is 1. The molecule has 1 fully saturated rings. The van der Waals surface area contributed by atoms with Crippen molar-refractivity contribution in [3.8, 4) is 6.07 Å². The van der Waals surface area contributed by atoms with E-state index in [4.69, 9.17) is 9.68 Å². The maximum atomic E-state index is 12.2. The Morgan fingerprint density at radius 1 is 1.37 bits per heavy atom. The highest BCUT2D eigenvalue weighted by molar-refractivity contribution is 5.95. The molecule has 2 unspecified atom stereocenters. The highest BCUT2D eigenvalue weighted by atomic mass is 16.3. The van der Waals surface area contributed by atoms with Crippen LogP contribution in [-0.4, -0.2) is 11.9 Å². The van der Waals surface area contributed by atoms with Gasteiger partial charge in [-0.3, -0.25) is 4.79 Å². The highest BCUT2D eigenvalue weighted by Gasteiger charge is 2.26. The summed E-state index contributed by atoms with van der Waals surface area (Å²) in [6.45, 7) is 6.17. The fourth-order valence-electron chi connectivity index (χ4n) is 3.09. The van der Waals surface area contributed by atoms with E-state index in [9.17, 15) is 4.79 Å². The van der Waals surface area contributed by atoms with Crippen molar-refractivity contribution >= 4 is 5.91 Å². The molecule has 19 heavy (non-hydrogen) atoms. The predicted octanol–water partition coefficient (Wildman–Crippen LogP) is 3.01. The lowest BCUT2D eigenvalue weighted by Gasteiger charge is -2.31. The number of nitrogens with one attached hydrogen (secondary N) is 1. The second kappa shape index (κ2) is 5.48. The normalized spacial score (nSPS) is 26.7. The Labute approximate surface area is 113 Å². The zero-order valence-corrected chi connectivity index (χ0v) is 11.7. The van der Waals surface area contributed by atoms with Gasteiger partial charge in [0.25, 0.3) is 5.91 Å². The molecule has 1 saturated carbocycles. The van der Waals surface area contributed by atoms with Crippen LogP contribution in [0.1, 0.15) is 55.0 Å². The van der Waals surface area contributed by atoms with E-state index >= 15 is 0 Å². The fraction of sp³-hybridized carbons (Fsp3) is 0.600. The number of nitrogens with zero attached hydrogens (tertiary/aromatic N) is 1. The molecule has 2 rings (SSSR count). The van der Waals surface area contributed by atoms with Crippen LogP contribution in [0.15, 0.2) is 10.5 Å². The minimum absolute atomic E-state index is 0.131. The predicted molar refractivity (Wildman–Crippen MR) is 71.6 cm³/mol. The van der Waals surface area contributed by atoms with Crippen LogP contribution >= 0.6 is 0 Å². The summed E-state index contributed by atoms with van der Waals surface area (Å²) in [5, 5.41) is 11.8. The molecule has 0 spiro atoms. The molecule has 1 aromatic heterocycles. The van der Waals surface area contributed by atoms with Crippen LogP contribution in [0.25, 0.3) is 0 Å². The van der Waals surface area contributed by atoms with E-state index in [1.807, 2.05) is 6.07 Å². The lowest BCUT2D eigenvalue weighted by molar-refractivity contribution is 0.0909. The number of furan rings is 1. The number of carbonyl (C=O) groups is 1. The van der Waals surface area contributed by atoms with Gasteiger partial charge in [-0.2, -0.15) is 5.26 Å². The third kappa shape index (κ3) is 3.17. The average molecular weight is 260 g/mol. The number of aryl methyl sites for hydroxylation is 1. The Morgan fingerprint density at radius 2 is 2.00 bits per heavy atom. The second-order valence-electron chi connectivity index (χ2n) is 5.78. The van der Waals surface area contributed by atoms with Gasteiger partial charge in [0.1, 0.15) is 11.8 Å². The molecule has 1 N–H and O–H groups in total. The minimum Gasteiger partial charge on any atom is -0.450 e. The molecule has 0 radical (unpaired) electrons. The summed E-state index contributed by atoms with van der Waals surface area (Å²) in [6, 6.07) is 3.66. The molecule has 4 heteroatoms. The van der Waals surface area contributed by atoms with Crippen LogP contribution in [0, 0.1) is 30.1 Å². The molecule has 102 valence electrons. The van der Waals surface area contributed by atoms with E-state index in [0.717, 1.165) is 12.8 Å². The summed E-state index contributed by atoms with van der Waals surface area (Å²) in [7, 11) is 0. The maximum Gasteiger partial charge on any atom is 0.255 e. The molecule has 4 nitrogen and oxygen atoms in total. The molecule has 0 aromatic carbocycles. The Kier molecular flexibility index (Phi) is 3.94. The largest absolute Gasteiger partial charge is 0.450 e. The average Bonchev–Trinajstić information content (AvgIpc) is 2.69. The first-order valence-corrected chi connectivity index (χ1v) is 6.81. The molecule has 0 bridgehead atoms. The van der Waals surface area contributed by atoms with Crippen molar-refractivity contribution in [2.45, 2.75) is 46.1 Å². The van der Waals surface area contributed by atoms with Crippen molar-refractivity contribution in [3.05, 3.63) is 23.2 Å². The van der Waals surface area contributed by atoms with Crippen molar-refractivity contribution in [2.24, 2.45) is 11.8 Å². The molecule has 0 saturated heterocycles. The second-order valence-corrected chi connectivity index (χ2v) is 5.78. The van der Waals surface area contributed by atoms with E-state index in [-0.39, 0.29) is 17.7 Å². The van der Waals surface area contributed by atoms with Crippen molar-refractivity contribution in [1.29, 1.82) is 5.26 Å². The summed E-state index contributed by atoms with van der Waals surface area (Å²) < 4.78 is 5.19. The van der Waals surface area contributed by atoms with Gasteiger partial charge in [-0.15, -0.1) is 0 Å². The lowest BCUT2D eigenvalue weighted by Crippen LogP contribution is -2.40. The molecular weight excluding hydrogens is 240 g/mol. The number of hydrogen-bond donors (Lipinski definition) is 1. The van der Waals surface area contributed by atoms with Gasteiger partial charge in [-0.1, -0.05) is 13.8 Å². The van der Waals surface area contributed by atoms with Crippen molar-refractivity contribution in [2.75, 3.05) is 0 Å². The summed E-state index contributed by atoms with van der Waals surface area (Å²) in [6.07, 6.45) is 3.28. The van der Waals surface area contributed by atoms with E-state index in [2.05, 4.69) is 19.2 Å². The van der Waals surface area contributed by atoms with Gasteiger partial charge in [0.2, 0.25) is 5.76 Å². The third-order valence-corrected chi connectivity index (χ3v) is 3.79. The van der Waals surface area contributed by atoms with E-state index in [1.54, 1.807) is 6.92 Å². The molecular formula is C15H20N2O2. The van der Waals surface area contributed by atoms with Crippen LogP contribution in [-0.2, 0) is 0 Å². The Bertz CT molecular complexity index is 503. The molecule has 0 aliphatic heterocycles. The van der Waals surface area contributed by atoms with Crippen LogP contribution < -0.4 is 5.32 Å². The summed E-state index contributed by atoms with van der Waals surface area (Å²) in [5.74, 6) is 1.86. The summed E-state index contributed by atoms with van der Waals surface area (Å²) >= 11 is 0. The van der Waals surface area contributed by atoms with Gasteiger partial charge in [0.05, 0.1) is 5.56 Å². The first-order chi connectivity index (χ1) is 8.99. The van der Waals surface area contributed by atoms with E-state index in [0.29, 0.717) is 23.2 Å². The lowest BCUT2D eigenvalue weighted by atomic mass is 9.80. The third-order valence-electron chi connectivity index (χ3n) is 3.79. The Hall–Kier alpha value is -1.76. The molecule has 1 amide bonds. The quantitative estimate of drug-likeness (QED) is 0.888. The smallest absolute Gasteiger partial charge is 0.255 e. The van der Waals surface area contributed by atoms with Crippen molar-refractivity contribution in [3.63, 3.8) is 0 Å². The van der Waals surface area contributed by atoms with Crippen LogP contribution in [0.3, 0.4) is 0 Å². The van der Waals surface area contributed by atoms with Gasteiger partial charge in [0, 0.05) is 12.1 Å². The zero-order chi connectivity index (χ0) is 14.0. The number of nitriles is 1. The first-order valence-electron chi connectivity index (χ1n) is 6.81. The molecule has 1 aromatic rings. The van der Waals surface area contributed by atoms with Crippen LogP contribution in [0.4, 0.5) is 0 Å². The molecule has 1 aliphatic carbocycles. The van der Waals surface area contributed by atoms with Crippen molar-refractivity contribution < 1.29 is 9.21 Å². The molecule has 1 aliphatic rings. The standard InChI is InChI=1S/C15H20N2O2/c1-9-4-10(2)6-12(5-9)17-15(18)14-7-13(8-16)19-11(14)3/h7,9-10,12H,4-6H2,1-3H3,(H,17,18). The molecule has 2 atom stereocenters. The Balaban J connectivity index is 2.04. The number of hydrogen-bond acceptors (Lipinski definition) is 3. The molecule has 1 heterocycles. The summed E-state index contributed by atoms with van der Waals surface area (Å²) in [5.41, 5.74) is 0.474. The van der Waals surface area contributed by atoms with Crippen molar-refractivity contribution in [1.82, 2.24) is 5.32 Å².